The topological polar surface area (TPSA) is 90.5 Å². The van der Waals surface area contributed by atoms with Crippen molar-refractivity contribution >= 4 is 12.0 Å². The Kier molecular flexibility index (Phi) is 4.74. The van der Waals surface area contributed by atoms with Crippen LogP contribution in [0, 0.1) is 5.41 Å². The number of carboxylic acids is 1. The van der Waals surface area contributed by atoms with Crippen LogP contribution in [0.5, 0.6) is 0 Å². The highest BCUT2D eigenvalue weighted by molar-refractivity contribution is 5.77. The molecule has 4 N–H and O–H groups in total. The van der Waals surface area contributed by atoms with E-state index in [0.717, 1.165) is 25.9 Å². The Morgan fingerprint density at radius 1 is 1.35 bits per heavy atom. The Morgan fingerprint density at radius 3 is 2.47 bits per heavy atom. The number of piperidine rings is 1. The number of carbonyl (C=O) groups is 2. The number of aliphatic carboxylic acids is 1. The predicted molar refractivity (Wildman–Crippen MR) is 63.8 cm³/mol. The minimum absolute atomic E-state index is 0.124. The van der Waals surface area contributed by atoms with E-state index in [4.69, 9.17) is 5.11 Å². The van der Waals surface area contributed by atoms with Gasteiger partial charge in [0.2, 0.25) is 0 Å². The van der Waals surface area contributed by atoms with Gasteiger partial charge in [0.25, 0.3) is 0 Å². The molecule has 0 aromatic rings. The van der Waals surface area contributed by atoms with Crippen LogP contribution in [0.15, 0.2) is 0 Å². The Balaban J connectivity index is 2.27. The zero-order valence-electron chi connectivity index (χ0n) is 10.4. The van der Waals surface area contributed by atoms with Crippen LogP contribution >= 0.6 is 0 Å². The molecule has 1 heterocycles. The Hall–Kier alpha value is -1.30. The van der Waals surface area contributed by atoms with Crippen LogP contribution in [-0.4, -0.2) is 42.8 Å². The van der Waals surface area contributed by atoms with Crippen molar-refractivity contribution in [3.8, 4) is 0 Å². The van der Waals surface area contributed by atoms with Gasteiger partial charge in [-0.15, -0.1) is 0 Å². The quantitative estimate of drug-likeness (QED) is 0.565. The third-order valence-electron chi connectivity index (χ3n) is 2.94. The first-order chi connectivity index (χ1) is 7.92. The summed E-state index contributed by atoms with van der Waals surface area (Å²) in [7, 11) is 0. The van der Waals surface area contributed by atoms with Crippen molar-refractivity contribution in [1.29, 1.82) is 0 Å². The molecule has 0 atom stereocenters. The van der Waals surface area contributed by atoms with E-state index >= 15 is 0 Å². The van der Waals surface area contributed by atoms with Gasteiger partial charge in [0.15, 0.2) is 0 Å². The van der Waals surface area contributed by atoms with E-state index in [9.17, 15) is 9.59 Å². The molecule has 1 fully saturated rings. The summed E-state index contributed by atoms with van der Waals surface area (Å²) in [4.78, 5) is 22.4. The molecule has 1 aliphatic heterocycles. The molecule has 1 rings (SSSR count). The number of carbonyl (C=O) groups excluding carboxylic acids is 1. The van der Waals surface area contributed by atoms with Crippen LogP contribution in [0.25, 0.3) is 0 Å². The summed E-state index contributed by atoms with van der Waals surface area (Å²) in [6.07, 6.45) is 1.82. The molecule has 6 heteroatoms. The van der Waals surface area contributed by atoms with E-state index in [1.807, 2.05) is 0 Å². The fourth-order valence-electron chi connectivity index (χ4n) is 1.58. The number of hydrogen-bond acceptors (Lipinski definition) is 3. The van der Waals surface area contributed by atoms with Gasteiger partial charge in [0, 0.05) is 12.6 Å². The fourth-order valence-corrected chi connectivity index (χ4v) is 1.58. The van der Waals surface area contributed by atoms with E-state index < -0.39 is 11.4 Å². The van der Waals surface area contributed by atoms with Crippen LogP contribution in [0.3, 0.4) is 0 Å². The van der Waals surface area contributed by atoms with Crippen LogP contribution in [0.1, 0.15) is 26.7 Å². The van der Waals surface area contributed by atoms with Crippen LogP contribution in [0.2, 0.25) is 0 Å². The summed E-state index contributed by atoms with van der Waals surface area (Å²) in [5.41, 5.74) is -0.939. The van der Waals surface area contributed by atoms with Crippen LogP contribution < -0.4 is 16.0 Å². The first kappa shape index (κ1) is 13.8. The third-order valence-corrected chi connectivity index (χ3v) is 2.94. The van der Waals surface area contributed by atoms with E-state index in [-0.39, 0.29) is 18.6 Å². The first-order valence-corrected chi connectivity index (χ1v) is 5.90. The number of hydrogen-bond donors (Lipinski definition) is 4. The molecule has 1 aliphatic rings. The first-order valence-electron chi connectivity index (χ1n) is 5.90. The van der Waals surface area contributed by atoms with E-state index in [1.54, 1.807) is 13.8 Å². The minimum atomic E-state index is -0.939. The molecule has 0 saturated carbocycles. The van der Waals surface area contributed by atoms with Crippen molar-refractivity contribution in [2.45, 2.75) is 32.7 Å². The maximum Gasteiger partial charge on any atom is 0.315 e. The van der Waals surface area contributed by atoms with Crippen molar-refractivity contribution in [1.82, 2.24) is 16.0 Å². The molecular weight excluding hydrogens is 222 g/mol. The average Bonchev–Trinajstić information content (AvgIpc) is 2.28. The molecular formula is C11H21N3O3. The summed E-state index contributed by atoms with van der Waals surface area (Å²) in [5.74, 6) is -0.917. The number of rotatable bonds is 4. The standard InChI is InChI=1S/C11H21N3O3/c1-11(2,9(15)16)7-13-10(17)14-8-3-5-12-6-4-8/h8,12H,3-7H2,1-2H3,(H,15,16)(H2,13,14,17). The second kappa shape index (κ2) is 5.86. The smallest absolute Gasteiger partial charge is 0.315 e. The molecule has 0 aromatic heterocycles. The van der Waals surface area contributed by atoms with E-state index in [0.29, 0.717) is 0 Å². The van der Waals surface area contributed by atoms with Crippen LogP contribution in [0.4, 0.5) is 4.79 Å². The maximum atomic E-state index is 11.5. The molecule has 0 bridgehead atoms. The highest BCUT2D eigenvalue weighted by Gasteiger charge is 2.27. The number of nitrogens with one attached hydrogen (secondary N) is 3. The Bertz CT molecular complexity index is 286. The minimum Gasteiger partial charge on any atom is -0.481 e. The second-order valence-corrected chi connectivity index (χ2v) is 5.04. The predicted octanol–water partition coefficient (Wildman–Crippen LogP) is 0.148. The van der Waals surface area contributed by atoms with Crippen molar-refractivity contribution in [3.05, 3.63) is 0 Å². The van der Waals surface area contributed by atoms with Gasteiger partial charge in [0.1, 0.15) is 0 Å². The number of urea groups is 1. The highest BCUT2D eigenvalue weighted by atomic mass is 16.4. The van der Waals surface area contributed by atoms with Gasteiger partial charge in [-0.05, 0) is 39.8 Å². The van der Waals surface area contributed by atoms with Gasteiger partial charge in [-0.3, -0.25) is 4.79 Å². The normalized spacial score (nSPS) is 17.5. The number of amides is 2. The molecule has 0 unspecified atom stereocenters. The molecule has 0 radical (unpaired) electrons. The van der Waals surface area contributed by atoms with Crippen molar-refractivity contribution in [2.24, 2.45) is 5.41 Å². The lowest BCUT2D eigenvalue weighted by atomic mass is 9.94. The summed E-state index contributed by atoms with van der Waals surface area (Å²) >= 11 is 0. The molecule has 0 aliphatic carbocycles. The lowest BCUT2D eigenvalue weighted by Gasteiger charge is -2.25. The SMILES string of the molecule is CC(C)(CNC(=O)NC1CCNCC1)C(=O)O. The van der Waals surface area contributed by atoms with Gasteiger partial charge in [-0.2, -0.15) is 0 Å². The summed E-state index contributed by atoms with van der Waals surface area (Å²) in [6.45, 7) is 5.11. The lowest BCUT2D eigenvalue weighted by molar-refractivity contribution is -0.146. The molecule has 17 heavy (non-hydrogen) atoms. The molecule has 98 valence electrons. The van der Waals surface area contributed by atoms with E-state index in [2.05, 4.69) is 16.0 Å². The zero-order chi connectivity index (χ0) is 12.9. The Morgan fingerprint density at radius 2 is 1.94 bits per heavy atom. The van der Waals surface area contributed by atoms with Gasteiger partial charge in [0.05, 0.1) is 5.41 Å². The van der Waals surface area contributed by atoms with Gasteiger partial charge < -0.3 is 21.1 Å². The summed E-state index contributed by atoms with van der Waals surface area (Å²) in [6, 6.07) is -0.101. The summed E-state index contributed by atoms with van der Waals surface area (Å²) < 4.78 is 0. The van der Waals surface area contributed by atoms with Crippen molar-refractivity contribution in [3.63, 3.8) is 0 Å². The van der Waals surface area contributed by atoms with Crippen molar-refractivity contribution < 1.29 is 14.7 Å². The van der Waals surface area contributed by atoms with Crippen molar-refractivity contribution in [2.75, 3.05) is 19.6 Å². The average molecular weight is 243 g/mol. The zero-order valence-corrected chi connectivity index (χ0v) is 10.4. The lowest BCUT2D eigenvalue weighted by Crippen LogP contribution is -2.49. The maximum absolute atomic E-state index is 11.5. The third kappa shape index (κ3) is 4.60. The fraction of sp³-hybridized carbons (Fsp3) is 0.818. The molecule has 1 saturated heterocycles. The molecule has 0 aromatic carbocycles. The van der Waals surface area contributed by atoms with Gasteiger partial charge >= 0.3 is 12.0 Å². The molecule has 2 amide bonds. The van der Waals surface area contributed by atoms with E-state index in [1.165, 1.54) is 0 Å². The highest BCUT2D eigenvalue weighted by Crippen LogP contribution is 2.12. The molecule has 6 nitrogen and oxygen atoms in total. The monoisotopic (exact) mass is 243 g/mol. The summed E-state index contributed by atoms with van der Waals surface area (Å²) in [5, 5.41) is 17.6. The Labute approximate surface area is 101 Å². The second-order valence-electron chi connectivity index (χ2n) is 5.04. The van der Waals surface area contributed by atoms with Crippen LogP contribution in [-0.2, 0) is 4.79 Å². The van der Waals surface area contributed by atoms with Gasteiger partial charge in [-0.1, -0.05) is 0 Å². The number of carboxylic acid groups (broad SMARTS) is 1. The van der Waals surface area contributed by atoms with Gasteiger partial charge in [-0.25, -0.2) is 4.79 Å². The molecule has 0 spiro atoms. The largest absolute Gasteiger partial charge is 0.481 e.